The Bertz CT molecular complexity index is 1110. The zero-order chi connectivity index (χ0) is 29.7. The summed E-state index contributed by atoms with van der Waals surface area (Å²) in [5.41, 5.74) is 3.02. The van der Waals surface area contributed by atoms with Gasteiger partial charge >= 0.3 is 18.3 Å². The molecule has 0 saturated heterocycles. The minimum atomic E-state index is -0.878. The van der Waals surface area contributed by atoms with Crippen LogP contribution >= 0.6 is 50.5 Å². The molecule has 0 heterocycles. The van der Waals surface area contributed by atoms with Gasteiger partial charge in [-0.25, -0.2) is 14.4 Å². The topological polar surface area (TPSA) is 144 Å². The standard InChI is InChI=1S/C25H32N4O7S4/c1-14-3-5-16(7-20(14)28-24(32)34-9-18(39)12-37)26-22(30)11-36-23(31)27-17-6-4-15(2)21(8-17)29-25(33)35-10-19(40)13-38/h3-8,18-19,37-40H,9-13H2,1-2H3,(H,26,30)(H,27,31)(H,28,32)(H,29,33). The van der Waals surface area contributed by atoms with Gasteiger partial charge in [-0.2, -0.15) is 50.5 Å². The van der Waals surface area contributed by atoms with Crippen molar-refractivity contribution < 1.29 is 33.4 Å². The number of carbonyl (C=O) groups excluding carboxylic acids is 4. The molecule has 0 aliphatic rings. The Balaban J connectivity index is 1.86. The average molecular weight is 629 g/mol. The Morgan fingerprint density at radius 1 is 0.675 bits per heavy atom. The molecule has 218 valence electrons. The van der Waals surface area contributed by atoms with E-state index in [-0.39, 0.29) is 23.7 Å². The molecule has 40 heavy (non-hydrogen) atoms. The summed E-state index contributed by atoms with van der Waals surface area (Å²) < 4.78 is 15.2. The Morgan fingerprint density at radius 3 is 1.55 bits per heavy atom. The summed E-state index contributed by atoms with van der Waals surface area (Å²) >= 11 is 16.6. The molecular formula is C25H32N4O7S4. The molecule has 15 heteroatoms. The third kappa shape index (κ3) is 12.1. The van der Waals surface area contributed by atoms with Gasteiger partial charge in [0.25, 0.3) is 5.91 Å². The summed E-state index contributed by atoms with van der Waals surface area (Å²) in [6.07, 6.45) is -2.22. The van der Waals surface area contributed by atoms with Crippen molar-refractivity contribution in [3.63, 3.8) is 0 Å². The lowest BCUT2D eigenvalue weighted by Crippen LogP contribution is -2.24. The van der Waals surface area contributed by atoms with Crippen molar-refractivity contribution in [2.75, 3.05) is 52.6 Å². The van der Waals surface area contributed by atoms with Gasteiger partial charge in [-0.1, -0.05) is 12.1 Å². The molecule has 4 N–H and O–H groups in total. The highest BCUT2D eigenvalue weighted by Crippen LogP contribution is 2.22. The highest BCUT2D eigenvalue weighted by Gasteiger charge is 2.13. The summed E-state index contributed by atoms with van der Waals surface area (Å²) in [6.45, 7) is 3.15. The van der Waals surface area contributed by atoms with Gasteiger partial charge in [0.05, 0.1) is 0 Å². The Kier molecular flexibility index (Phi) is 14.2. The van der Waals surface area contributed by atoms with Crippen molar-refractivity contribution in [2.45, 2.75) is 24.3 Å². The highest BCUT2D eigenvalue weighted by molar-refractivity contribution is 7.85. The molecule has 0 bridgehead atoms. The molecule has 0 aliphatic heterocycles. The zero-order valence-corrected chi connectivity index (χ0v) is 25.4. The number of hydrogen-bond acceptors (Lipinski definition) is 11. The lowest BCUT2D eigenvalue weighted by atomic mass is 10.2. The summed E-state index contributed by atoms with van der Waals surface area (Å²) in [5.74, 6) is 0.297. The maximum absolute atomic E-state index is 12.3. The van der Waals surface area contributed by atoms with Gasteiger partial charge in [0.2, 0.25) is 0 Å². The van der Waals surface area contributed by atoms with Gasteiger partial charge < -0.3 is 19.5 Å². The lowest BCUT2D eigenvalue weighted by molar-refractivity contribution is -0.118. The third-order valence-electron chi connectivity index (χ3n) is 5.05. The first-order chi connectivity index (χ1) is 19.0. The SMILES string of the molecule is Cc1ccc(NC(=O)COC(=O)Nc2ccc(C)c(NC(=O)OCC(S)CS)c2)cc1NC(=O)OCC(S)CS. The molecule has 0 saturated carbocycles. The Hall–Kier alpha value is -2.88. The lowest BCUT2D eigenvalue weighted by Gasteiger charge is -2.14. The minimum absolute atomic E-state index is 0.0876. The fourth-order valence-corrected chi connectivity index (χ4v) is 3.25. The normalized spacial score (nSPS) is 11.9. The van der Waals surface area contributed by atoms with Crippen molar-refractivity contribution >= 4 is 97.5 Å². The summed E-state index contributed by atoms with van der Waals surface area (Å²) in [6, 6.07) is 9.70. The van der Waals surface area contributed by atoms with E-state index in [1.165, 1.54) is 6.07 Å². The number of carbonyl (C=O) groups is 4. The van der Waals surface area contributed by atoms with E-state index in [0.29, 0.717) is 34.3 Å². The predicted octanol–water partition coefficient (Wildman–Crippen LogP) is 5.04. The Labute approximate surface area is 254 Å². The first-order valence-corrected chi connectivity index (χ1v) is 14.2. The smallest absolute Gasteiger partial charge is 0.412 e. The molecule has 2 rings (SSSR count). The zero-order valence-electron chi connectivity index (χ0n) is 21.8. The number of aryl methyl sites for hydroxylation is 2. The van der Waals surface area contributed by atoms with Crippen LogP contribution in [0, 0.1) is 13.8 Å². The second kappa shape index (κ2) is 17.0. The Morgan fingerprint density at radius 2 is 1.10 bits per heavy atom. The molecule has 0 radical (unpaired) electrons. The van der Waals surface area contributed by atoms with Crippen molar-refractivity contribution in [3.8, 4) is 0 Å². The van der Waals surface area contributed by atoms with Gasteiger partial charge in [-0.05, 0) is 49.2 Å². The molecule has 2 aromatic rings. The molecule has 0 fully saturated rings. The third-order valence-corrected chi connectivity index (χ3v) is 7.17. The molecule has 0 aliphatic carbocycles. The number of rotatable bonds is 12. The van der Waals surface area contributed by atoms with Crippen LogP contribution in [0.5, 0.6) is 0 Å². The number of benzene rings is 2. The maximum atomic E-state index is 12.3. The molecule has 11 nitrogen and oxygen atoms in total. The van der Waals surface area contributed by atoms with E-state index in [9.17, 15) is 19.2 Å². The van der Waals surface area contributed by atoms with Crippen LogP contribution in [0.3, 0.4) is 0 Å². The van der Waals surface area contributed by atoms with Crippen molar-refractivity contribution in [1.82, 2.24) is 0 Å². The van der Waals surface area contributed by atoms with Crippen LogP contribution in [0.4, 0.5) is 37.1 Å². The molecule has 2 aromatic carbocycles. The maximum Gasteiger partial charge on any atom is 0.412 e. The second-order valence-electron chi connectivity index (χ2n) is 8.43. The monoisotopic (exact) mass is 628 g/mol. The summed E-state index contributed by atoms with van der Waals surface area (Å²) in [5, 5.41) is 9.91. The van der Waals surface area contributed by atoms with Crippen molar-refractivity contribution in [2.24, 2.45) is 0 Å². The first-order valence-electron chi connectivity index (χ1n) is 11.9. The van der Waals surface area contributed by atoms with E-state index < -0.39 is 30.8 Å². The van der Waals surface area contributed by atoms with E-state index in [2.05, 4.69) is 71.8 Å². The molecular weight excluding hydrogens is 597 g/mol. The van der Waals surface area contributed by atoms with E-state index in [4.69, 9.17) is 14.2 Å². The molecule has 4 amide bonds. The van der Waals surface area contributed by atoms with Crippen LogP contribution in [-0.4, -0.2) is 66.0 Å². The molecule has 0 spiro atoms. The highest BCUT2D eigenvalue weighted by atomic mass is 32.1. The van der Waals surface area contributed by atoms with Gasteiger partial charge in [-0.3, -0.25) is 20.7 Å². The summed E-state index contributed by atoms with van der Waals surface area (Å²) in [4.78, 5) is 48.6. The van der Waals surface area contributed by atoms with Gasteiger partial charge in [0, 0.05) is 44.8 Å². The molecule has 2 atom stereocenters. The van der Waals surface area contributed by atoms with Crippen LogP contribution in [0.25, 0.3) is 0 Å². The number of ether oxygens (including phenoxy) is 3. The van der Waals surface area contributed by atoms with Crippen LogP contribution in [0.15, 0.2) is 36.4 Å². The fraction of sp³-hybridized carbons (Fsp3) is 0.360. The van der Waals surface area contributed by atoms with Crippen LogP contribution in [-0.2, 0) is 19.0 Å². The fourth-order valence-electron chi connectivity index (χ4n) is 2.89. The van der Waals surface area contributed by atoms with Gasteiger partial charge in [0.1, 0.15) is 13.2 Å². The van der Waals surface area contributed by atoms with Gasteiger partial charge in [0.15, 0.2) is 6.61 Å². The van der Waals surface area contributed by atoms with Gasteiger partial charge in [-0.15, -0.1) is 0 Å². The number of thiol groups is 4. The van der Waals surface area contributed by atoms with Crippen LogP contribution in [0.2, 0.25) is 0 Å². The number of nitrogens with one attached hydrogen (secondary N) is 4. The van der Waals surface area contributed by atoms with E-state index in [1.54, 1.807) is 44.2 Å². The molecule has 2 unspecified atom stereocenters. The second-order valence-corrected chi connectivity index (χ2v) is 10.6. The number of anilines is 4. The van der Waals surface area contributed by atoms with E-state index >= 15 is 0 Å². The van der Waals surface area contributed by atoms with Crippen molar-refractivity contribution in [1.29, 1.82) is 0 Å². The summed E-state index contributed by atoms with van der Waals surface area (Å²) in [7, 11) is 0. The molecule has 0 aromatic heterocycles. The van der Waals surface area contributed by atoms with Crippen LogP contribution in [0.1, 0.15) is 11.1 Å². The minimum Gasteiger partial charge on any atom is -0.448 e. The quantitative estimate of drug-likeness (QED) is 0.121. The average Bonchev–Trinajstić information content (AvgIpc) is 2.92. The van der Waals surface area contributed by atoms with Crippen molar-refractivity contribution in [3.05, 3.63) is 47.5 Å². The number of hydrogen-bond donors (Lipinski definition) is 8. The van der Waals surface area contributed by atoms with E-state index in [1.807, 2.05) is 0 Å². The largest absolute Gasteiger partial charge is 0.448 e. The predicted molar refractivity (Wildman–Crippen MR) is 169 cm³/mol. The number of amides is 4. The van der Waals surface area contributed by atoms with Crippen LogP contribution < -0.4 is 21.3 Å². The first kappa shape index (κ1) is 33.3. The van der Waals surface area contributed by atoms with E-state index in [0.717, 1.165) is 11.1 Å².